The van der Waals surface area contributed by atoms with E-state index in [1.165, 1.54) is 11.1 Å². The lowest BCUT2D eigenvalue weighted by molar-refractivity contribution is -0.136. The van der Waals surface area contributed by atoms with E-state index < -0.39 is 5.97 Å². The number of hydrogen-bond acceptors (Lipinski definition) is 5. The predicted molar refractivity (Wildman–Crippen MR) is 111 cm³/mol. The van der Waals surface area contributed by atoms with Crippen molar-refractivity contribution < 1.29 is 9.90 Å². The first-order valence-electron chi connectivity index (χ1n) is 9.34. The SMILES string of the molecule is O=C(O)Cc1ccc2c(c1)CCN2c1nc(-c2cc(Cl)cs2)nc2c1CCC2. The van der Waals surface area contributed by atoms with Crippen LogP contribution in [0.15, 0.2) is 29.6 Å². The van der Waals surface area contributed by atoms with E-state index in [0.29, 0.717) is 5.02 Å². The first-order chi connectivity index (χ1) is 13.6. The molecule has 2 aromatic heterocycles. The highest BCUT2D eigenvalue weighted by Crippen LogP contribution is 2.40. The summed E-state index contributed by atoms with van der Waals surface area (Å²) in [6.07, 6.45) is 4.03. The summed E-state index contributed by atoms with van der Waals surface area (Å²) in [5, 5.41) is 11.7. The Morgan fingerprint density at radius 2 is 2.11 bits per heavy atom. The van der Waals surface area contributed by atoms with Crippen LogP contribution in [0.1, 0.15) is 28.8 Å². The van der Waals surface area contributed by atoms with Gasteiger partial charge in [0.2, 0.25) is 0 Å². The number of aryl methyl sites for hydroxylation is 1. The molecule has 1 aliphatic heterocycles. The van der Waals surface area contributed by atoms with Gasteiger partial charge in [0.05, 0.1) is 16.3 Å². The molecule has 28 heavy (non-hydrogen) atoms. The van der Waals surface area contributed by atoms with Crippen LogP contribution in [0.2, 0.25) is 5.02 Å². The van der Waals surface area contributed by atoms with Crippen molar-refractivity contribution in [3.05, 3.63) is 57.1 Å². The van der Waals surface area contributed by atoms with Gasteiger partial charge in [0.1, 0.15) is 5.82 Å². The third-order valence-electron chi connectivity index (χ3n) is 5.35. The van der Waals surface area contributed by atoms with Crippen molar-refractivity contribution in [1.29, 1.82) is 0 Å². The molecule has 1 N–H and O–H groups in total. The fourth-order valence-electron chi connectivity index (χ4n) is 4.14. The van der Waals surface area contributed by atoms with Crippen LogP contribution >= 0.6 is 22.9 Å². The fraction of sp³-hybridized carbons (Fsp3) is 0.286. The molecule has 142 valence electrons. The summed E-state index contributed by atoms with van der Waals surface area (Å²) in [7, 11) is 0. The molecule has 0 atom stereocenters. The predicted octanol–water partition coefficient (Wildman–Crippen LogP) is 4.67. The van der Waals surface area contributed by atoms with Crippen molar-refractivity contribution in [2.45, 2.75) is 32.1 Å². The second-order valence-corrected chi connectivity index (χ2v) is 8.56. The van der Waals surface area contributed by atoms with E-state index in [1.807, 2.05) is 29.6 Å². The van der Waals surface area contributed by atoms with Gasteiger partial charge in [-0.05, 0) is 48.9 Å². The summed E-state index contributed by atoms with van der Waals surface area (Å²) in [6, 6.07) is 7.88. The van der Waals surface area contributed by atoms with E-state index in [1.54, 1.807) is 11.3 Å². The maximum atomic E-state index is 11.0. The molecule has 7 heteroatoms. The summed E-state index contributed by atoms with van der Waals surface area (Å²) in [6.45, 7) is 0.847. The number of benzene rings is 1. The molecule has 0 saturated carbocycles. The van der Waals surface area contributed by atoms with Crippen LogP contribution in [0, 0.1) is 0 Å². The Morgan fingerprint density at radius 1 is 1.21 bits per heavy atom. The number of anilines is 2. The van der Waals surface area contributed by atoms with E-state index >= 15 is 0 Å². The minimum Gasteiger partial charge on any atom is -0.481 e. The number of aromatic nitrogens is 2. The fourth-order valence-corrected chi connectivity index (χ4v) is 5.14. The van der Waals surface area contributed by atoms with E-state index in [4.69, 9.17) is 26.7 Å². The van der Waals surface area contributed by atoms with Crippen molar-refractivity contribution in [2.75, 3.05) is 11.4 Å². The first kappa shape index (κ1) is 17.6. The first-order valence-corrected chi connectivity index (χ1v) is 10.6. The van der Waals surface area contributed by atoms with Gasteiger partial charge in [-0.3, -0.25) is 4.79 Å². The Bertz CT molecular complexity index is 1100. The molecule has 5 nitrogen and oxygen atoms in total. The van der Waals surface area contributed by atoms with Crippen molar-refractivity contribution in [3.63, 3.8) is 0 Å². The number of carboxylic acid groups (broad SMARTS) is 1. The number of rotatable bonds is 4. The van der Waals surface area contributed by atoms with Crippen molar-refractivity contribution in [2.24, 2.45) is 0 Å². The third-order valence-corrected chi connectivity index (χ3v) is 6.62. The molecule has 3 aromatic rings. The Morgan fingerprint density at radius 3 is 2.89 bits per heavy atom. The zero-order valence-corrected chi connectivity index (χ0v) is 16.7. The van der Waals surface area contributed by atoms with E-state index in [-0.39, 0.29) is 6.42 Å². The smallest absolute Gasteiger partial charge is 0.307 e. The van der Waals surface area contributed by atoms with Gasteiger partial charge < -0.3 is 10.0 Å². The molecule has 0 fully saturated rings. The second kappa shape index (κ2) is 6.87. The van der Waals surface area contributed by atoms with Gasteiger partial charge in [-0.25, -0.2) is 9.97 Å². The standard InChI is InChI=1S/C21H18ClN3O2S/c22-14-10-18(28-11-14)20-23-16-3-1-2-15(16)21(24-20)25-7-6-13-8-12(9-19(26)27)4-5-17(13)25/h4-5,8,10-11H,1-3,6-7,9H2,(H,26,27). The second-order valence-electron chi connectivity index (χ2n) is 7.21. The maximum absolute atomic E-state index is 11.0. The van der Waals surface area contributed by atoms with Crippen LogP contribution in [0.25, 0.3) is 10.7 Å². The molecule has 0 amide bonds. The molecule has 5 rings (SSSR count). The Kier molecular flexibility index (Phi) is 4.33. The lowest BCUT2D eigenvalue weighted by Gasteiger charge is -2.22. The number of fused-ring (bicyclic) bond motifs is 2. The van der Waals surface area contributed by atoms with Gasteiger partial charge in [-0.2, -0.15) is 0 Å². The third kappa shape index (κ3) is 3.06. The van der Waals surface area contributed by atoms with E-state index in [2.05, 4.69) is 4.90 Å². The highest BCUT2D eigenvalue weighted by Gasteiger charge is 2.28. The Hall–Kier alpha value is -2.44. The number of thiophene rings is 1. The van der Waals surface area contributed by atoms with Crippen LogP contribution in [0.3, 0.4) is 0 Å². The highest BCUT2D eigenvalue weighted by molar-refractivity contribution is 7.14. The number of aliphatic carboxylic acids is 1. The van der Waals surface area contributed by atoms with Crippen molar-refractivity contribution >= 4 is 40.4 Å². The molecule has 0 bridgehead atoms. The highest BCUT2D eigenvalue weighted by atomic mass is 35.5. The number of carboxylic acids is 1. The van der Waals surface area contributed by atoms with Crippen molar-refractivity contribution in [3.8, 4) is 10.7 Å². The van der Waals surface area contributed by atoms with Crippen molar-refractivity contribution in [1.82, 2.24) is 9.97 Å². The van der Waals surface area contributed by atoms with E-state index in [9.17, 15) is 4.79 Å². The number of hydrogen-bond donors (Lipinski definition) is 1. The number of nitrogens with zero attached hydrogens (tertiary/aromatic N) is 3. The normalized spacial score (nSPS) is 15.0. The van der Waals surface area contributed by atoms with Crippen LogP contribution in [-0.2, 0) is 30.5 Å². The quantitative estimate of drug-likeness (QED) is 0.675. The molecule has 1 aliphatic carbocycles. The topological polar surface area (TPSA) is 66.3 Å². The lowest BCUT2D eigenvalue weighted by atomic mass is 10.1. The maximum Gasteiger partial charge on any atom is 0.307 e. The molecule has 2 aliphatic rings. The Labute approximate surface area is 171 Å². The zero-order valence-electron chi connectivity index (χ0n) is 15.1. The van der Waals surface area contributed by atoms with Crippen LogP contribution in [0.4, 0.5) is 11.5 Å². The average molecular weight is 412 g/mol. The minimum absolute atomic E-state index is 0.0550. The molecule has 0 spiro atoms. The molecule has 3 heterocycles. The van der Waals surface area contributed by atoms with Gasteiger partial charge in [0.15, 0.2) is 5.82 Å². The molecule has 0 saturated heterocycles. The van der Waals surface area contributed by atoms with Crippen LogP contribution < -0.4 is 4.90 Å². The monoisotopic (exact) mass is 411 g/mol. The van der Waals surface area contributed by atoms with Crippen LogP contribution in [0.5, 0.6) is 0 Å². The summed E-state index contributed by atoms with van der Waals surface area (Å²) in [4.78, 5) is 24.0. The number of carbonyl (C=O) groups is 1. The Balaban J connectivity index is 1.57. The largest absolute Gasteiger partial charge is 0.481 e. The lowest BCUT2D eigenvalue weighted by Crippen LogP contribution is -2.18. The molecular weight excluding hydrogens is 394 g/mol. The number of halogens is 1. The van der Waals surface area contributed by atoms with Crippen LogP contribution in [-0.4, -0.2) is 27.6 Å². The zero-order chi connectivity index (χ0) is 19.3. The molecule has 1 aromatic carbocycles. The summed E-state index contributed by atoms with van der Waals surface area (Å²) < 4.78 is 0. The average Bonchev–Trinajstić information content (AvgIpc) is 3.38. The van der Waals surface area contributed by atoms with Gasteiger partial charge in [0.25, 0.3) is 0 Å². The molecular formula is C21H18ClN3O2S. The van der Waals surface area contributed by atoms with Gasteiger partial charge >= 0.3 is 5.97 Å². The molecule has 0 radical (unpaired) electrons. The van der Waals surface area contributed by atoms with Gasteiger partial charge in [-0.1, -0.05) is 23.7 Å². The summed E-state index contributed by atoms with van der Waals surface area (Å²) >= 11 is 7.68. The minimum atomic E-state index is -0.803. The van der Waals surface area contributed by atoms with E-state index in [0.717, 1.165) is 65.7 Å². The summed E-state index contributed by atoms with van der Waals surface area (Å²) in [5.74, 6) is 0.929. The summed E-state index contributed by atoms with van der Waals surface area (Å²) in [5.41, 5.74) is 5.53. The molecule has 0 unspecified atom stereocenters. The van der Waals surface area contributed by atoms with Gasteiger partial charge in [0, 0.05) is 28.9 Å². The van der Waals surface area contributed by atoms with Gasteiger partial charge in [-0.15, -0.1) is 11.3 Å².